The van der Waals surface area contributed by atoms with Gasteiger partial charge in [0.1, 0.15) is 12.4 Å². The van der Waals surface area contributed by atoms with Crippen molar-refractivity contribution in [3.8, 4) is 5.75 Å². The first-order valence-corrected chi connectivity index (χ1v) is 8.96. The molecular formula is C22H21N3O4. The molecule has 3 rings (SSSR count). The number of anilines is 3. The predicted molar refractivity (Wildman–Crippen MR) is 112 cm³/mol. The molecule has 0 unspecified atom stereocenters. The molecule has 0 bridgehead atoms. The van der Waals surface area contributed by atoms with Gasteiger partial charge in [0.25, 0.3) is 5.91 Å². The maximum atomic E-state index is 12.2. The van der Waals surface area contributed by atoms with Gasteiger partial charge >= 0.3 is 0 Å². The average Bonchev–Trinajstić information content (AvgIpc) is 3.26. The molecule has 3 aromatic rings. The third kappa shape index (κ3) is 6.00. The molecule has 1 heterocycles. The van der Waals surface area contributed by atoms with Crippen molar-refractivity contribution in [3.05, 3.63) is 85.3 Å². The summed E-state index contributed by atoms with van der Waals surface area (Å²) >= 11 is 0. The van der Waals surface area contributed by atoms with Crippen LogP contribution in [-0.2, 0) is 4.79 Å². The summed E-state index contributed by atoms with van der Waals surface area (Å²) in [6.07, 6.45) is 3.09. The fourth-order valence-corrected chi connectivity index (χ4v) is 2.51. The van der Waals surface area contributed by atoms with Crippen LogP contribution in [0, 0.1) is 0 Å². The molecule has 0 spiro atoms. The van der Waals surface area contributed by atoms with Crippen LogP contribution in [0.5, 0.6) is 5.75 Å². The molecule has 0 saturated heterocycles. The molecule has 0 aliphatic carbocycles. The summed E-state index contributed by atoms with van der Waals surface area (Å²) in [4.78, 5) is 24.3. The molecule has 1 aromatic heterocycles. The normalized spacial score (nSPS) is 10.1. The summed E-state index contributed by atoms with van der Waals surface area (Å²) in [6.45, 7) is 4.06. The lowest BCUT2D eigenvalue weighted by molar-refractivity contribution is -0.114. The molecule has 0 saturated carbocycles. The summed E-state index contributed by atoms with van der Waals surface area (Å²) in [5.74, 6) is 0.317. The van der Waals surface area contributed by atoms with Crippen LogP contribution in [0.25, 0.3) is 0 Å². The molecule has 148 valence electrons. The highest BCUT2D eigenvalue weighted by atomic mass is 16.5. The molecule has 29 heavy (non-hydrogen) atoms. The fraction of sp³-hybridized carbons (Fsp3) is 0.0909. The van der Waals surface area contributed by atoms with Crippen LogP contribution in [0.4, 0.5) is 17.1 Å². The monoisotopic (exact) mass is 391 g/mol. The number of hydrogen-bond acceptors (Lipinski definition) is 5. The number of amides is 2. The zero-order chi connectivity index (χ0) is 20.5. The maximum absolute atomic E-state index is 12.2. The Morgan fingerprint density at radius 2 is 1.72 bits per heavy atom. The van der Waals surface area contributed by atoms with Gasteiger partial charge in [-0.1, -0.05) is 24.8 Å². The van der Waals surface area contributed by atoms with Crippen molar-refractivity contribution in [1.29, 1.82) is 0 Å². The molecule has 2 amide bonds. The van der Waals surface area contributed by atoms with Gasteiger partial charge in [-0.05, 0) is 42.5 Å². The minimum atomic E-state index is -0.344. The van der Waals surface area contributed by atoms with Crippen LogP contribution < -0.4 is 20.7 Å². The number of nitrogens with one attached hydrogen (secondary N) is 3. The summed E-state index contributed by atoms with van der Waals surface area (Å²) in [5, 5.41) is 8.58. The molecule has 7 heteroatoms. The highest BCUT2D eigenvalue weighted by Crippen LogP contribution is 2.18. The largest absolute Gasteiger partial charge is 0.489 e. The average molecular weight is 391 g/mol. The summed E-state index contributed by atoms with van der Waals surface area (Å²) in [7, 11) is 0. The zero-order valence-electron chi connectivity index (χ0n) is 15.7. The second-order valence-electron chi connectivity index (χ2n) is 6.04. The third-order valence-electron chi connectivity index (χ3n) is 3.80. The predicted octanol–water partition coefficient (Wildman–Crippen LogP) is 4.15. The topological polar surface area (TPSA) is 92.6 Å². The number of benzene rings is 2. The van der Waals surface area contributed by atoms with E-state index in [1.807, 2.05) is 0 Å². The highest BCUT2D eigenvalue weighted by molar-refractivity contribution is 6.02. The second-order valence-corrected chi connectivity index (χ2v) is 6.04. The van der Waals surface area contributed by atoms with Crippen molar-refractivity contribution >= 4 is 28.9 Å². The van der Waals surface area contributed by atoms with Crippen molar-refractivity contribution in [2.75, 3.05) is 29.1 Å². The Bertz CT molecular complexity index is 983. The molecule has 3 N–H and O–H groups in total. The van der Waals surface area contributed by atoms with Gasteiger partial charge in [0.2, 0.25) is 5.91 Å². The lowest BCUT2D eigenvalue weighted by atomic mass is 10.2. The third-order valence-corrected chi connectivity index (χ3v) is 3.80. The van der Waals surface area contributed by atoms with Crippen LogP contribution in [0.15, 0.2) is 84.0 Å². The summed E-state index contributed by atoms with van der Waals surface area (Å²) < 4.78 is 10.5. The molecule has 0 aliphatic heterocycles. The Morgan fingerprint density at radius 1 is 0.966 bits per heavy atom. The highest BCUT2D eigenvalue weighted by Gasteiger charge is 2.09. The van der Waals surface area contributed by atoms with E-state index in [2.05, 4.69) is 22.5 Å². The Hall–Kier alpha value is -4.00. The lowest BCUT2D eigenvalue weighted by Gasteiger charge is -2.10. The van der Waals surface area contributed by atoms with Gasteiger partial charge in [-0.2, -0.15) is 0 Å². The summed E-state index contributed by atoms with van der Waals surface area (Å²) in [5.41, 5.74) is 1.92. The van der Waals surface area contributed by atoms with E-state index in [0.29, 0.717) is 29.4 Å². The van der Waals surface area contributed by atoms with Gasteiger partial charge in [0.05, 0.1) is 12.8 Å². The molecule has 0 radical (unpaired) electrons. The molecule has 7 nitrogen and oxygen atoms in total. The number of rotatable bonds is 9. The van der Waals surface area contributed by atoms with Crippen LogP contribution in [-0.4, -0.2) is 25.0 Å². The first kappa shape index (κ1) is 19.8. The van der Waals surface area contributed by atoms with Crippen LogP contribution in [0.3, 0.4) is 0 Å². The second kappa shape index (κ2) is 9.80. The van der Waals surface area contributed by atoms with E-state index in [-0.39, 0.29) is 24.1 Å². The quantitative estimate of drug-likeness (QED) is 0.477. The molecule has 0 aliphatic rings. The first-order valence-electron chi connectivity index (χ1n) is 8.96. The van der Waals surface area contributed by atoms with Gasteiger partial charge in [0, 0.05) is 23.1 Å². The lowest BCUT2D eigenvalue weighted by Crippen LogP contribution is -2.21. The SMILES string of the molecule is C=CCOc1cccc(NC(=O)CNc2cccc(NC(=O)c3ccco3)c2)c1. The number of carbonyl (C=O) groups excluding carboxylic acids is 2. The standard InChI is InChI=1S/C22H21N3O4/c1-2-11-28-19-9-4-8-18(14-19)24-21(26)15-23-16-6-3-7-17(13-16)25-22(27)20-10-5-12-29-20/h2-10,12-14,23H,1,11,15H2,(H,24,26)(H,25,27). The van der Waals surface area contributed by atoms with E-state index in [9.17, 15) is 9.59 Å². The Kier molecular flexibility index (Phi) is 6.67. The van der Waals surface area contributed by atoms with Crippen LogP contribution in [0.2, 0.25) is 0 Å². The van der Waals surface area contributed by atoms with Crippen molar-refractivity contribution < 1.29 is 18.7 Å². The van der Waals surface area contributed by atoms with Gasteiger partial charge in [-0.3, -0.25) is 9.59 Å². The molecule has 0 atom stereocenters. The van der Waals surface area contributed by atoms with Gasteiger partial charge < -0.3 is 25.1 Å². The van der Waals surface area contributed by atoms with E-state index in [0.717, 1.165) is 0 Å². The minimum Gasteiger partial charge on any atom is -0.489 e. The van der Waals surface area contributed by atoms with E-state index in [4.69, 9.17) is 9.15 Å². The van der Waals surface area contributed by atoms with Gasteiger partial charge in [0.15, 0.2) is 5.76 Å². The maximum Gasteiger partial charge on any atom is 0.291 e. The molecule has 0 fully saturated rings. The van der Waals surface area contributed by atoms with E-state index >= 15 is 0 Å². The van der Waals surface area contributed by atoms with Crippen molar-refractivity contribution in [3.63, 3.8) is 0 Å². The first-order chi connectivity index (χ1) is 14.1. The minimum absolute atomic E-state index is 0.0628. The Balaban J connectivity index is 1.52. The number of carbonyl (C=O) groups is 2. The van der Waals surface area contributed by atoms with E-state index < -0.39 is 0 Å². The smallest absolute Gasteiger partial charge is 0.291 e. The van der Waals surface area contributed by atoms with E-state index in [1.165, 1.54) is 6.26 Å². The van der Waals surface area contributed by atoms with Crippen LogP contribution >= 0.6 is 0 Å². The Morgan fingerprint density at radius 3 is 2.48 bits per heavy atom. The van der Waals surface area contributed by atoms with Crippen molar-refractivity contribution in [1.82, 2.24) is 0 Å². The van der Waals surface area contributed by atoms with Crippen molar-refractivity contribution in [2.24, 2.45) is 0 Å². The Labute approximate surface area is 168 Å². The summed E-state index contributed by atoms with van der Waals surface area (Å²) in [6, 6.07) is 17.4. The van der Waals surface area contributed by atoms with Gasteiger partial charge in [-0.25, -0.2) is 0 Å². The number of furan rings is 1. The number of ether oxygens (including phenoxy) is 1. The van der Waals surface area contributed by atoms with Crippen molar-refractivity contribution in [2.45, 2.75) is 0 Å². The molecular weight excluding hydrogens is 370 g/mol. The molecule has 2 aromatic carbocycles. The van der Waals surface area contributed by atoms with E-state index in [1.54, 1.807) is 66.7 Å². The van der Waals surface area contributed by atoms with Gasteiger partial charge in [-0.15, -0.1) is 0 Å². The van der Waals surface area contributed by atoms with Crippen LogP contribution in [0.1, 0.15) is 10.6 Å². The fourth-order valence-electron chi connectivity index (χ4n) is 2.51. The number of hydrogen-bond donors (Lipinski definition) is 3. The zero-order valence-corrected chi connectivity index (χ0v) is 15.7.